The van der Waals surface area contributed by atoms with Crippen LogP contribution in [0.4, 0.5) is 0 Å². The number of rotatable bonds is 17. The standard InChI is InChI=1S/C18H39N2O7.C4H7N3O.C2H5NO2/c1-19(2,3)7-8-25-13-17(26-12-15(22)11-21)14-27-16(9-18(23)24)10-20(4,5)6;1-7-2-3(8)6-4(7)5;3-1-2(4)5/h15-17,21-22H,7-14H2,1-6H3;2H2,1H3,(H2,5,6,8);1,3H2,(H,4,5)/q+1;;/p-1. The summed E-state index contributed by atoms with van der Waals surface area (Å²) in [5.74, 6) is -2.29. The van der Waals surface area contributed by atoms with Gasteiger partial charge in [-0.3, -0.25) is 15.5 Å². The Morgan fingerprint density at radius 1 is 1.05 bits per heavy atom. The fourth-order valence-corrected chi connectivity index (χ4v) is 2.78. The van der Waals surface area contributed by atoms with Crippen molar-refractivity contribution < 1.29 is 58.0 Å². The number of amides is 1. The number of hydrogen-bond donors (Lipinski definition) is 5. The summed E-state index contributed by atoms with van der Waals surface area (Å²) in [6, 6.07) is 0. The van der Waals surface area contributed by atoms with Crippen LogP contribution in [0.5, 0.6) is 0 Å². The SMILES string of the molecule is CN1CC(=O)NC1=N.C[N+](C)(C)CCOCC(COC(CC(=O)[O-])C[N+](C)(C)C)OCC(O)CO.NCC(=O)[O-]. The Kier molecular flexibility index (Phi) is 20.3. The van der Waals surface area contributed by atoms with Gasteiger partial charge in [0.2, 0.25) is 5.91 Å². The maximum atomic E-state index is 11.0. The van der Waals surface area contributed by atoms with Gasteiger partial charge in [0.25, 0.3) is 0 Å². The molecule has 0 aliphatic carbocycles. The number of aliphatic hydroxyl groups is 2. The summed E-state index contributed by atoms with van der Waals surface area (Å²) in [5.41, 5.74) is 4.51. The second-order valence-corrected chi connectivity index (χ2v) is 11.2. The summed E-state index contributed by atoms with van der Waals surface area (Å²) in [6.45, 7) is 1.71. The largest absolute Gasteiger partial charge is 0.550 e. The number of carboxylic acid groups (broad SMARTS) is 2. The van der Waals surface area contributed by atoms with E-state index in [2.05, 4.69) is 32.2 Å². The van der Waals surface area contributed by atoms with Crippen LogP contribution in [0.3, 0.4) is 0 Å². The van der Waals surface area contributed by atoms with Crippen molar-refractivity contribution >= 4 is 23.8 Å². The molecule has 3 atom stereocenters. The molecule has 6 N–H and O–H groups in total. The van der Waals surface area contributed by atoms with Crippen molar-refractivity contribution in [2.75, 3.05) is 109 Å². The molecule has 1 amide bonds. The Morgan fingerprint density at radius 2 is 1.60 bits per heavy atom. The average molecular weight is 583 g/mol. The number of aliphatic hydroxyl groups excluding tert-OH is 2. The molecule has 0 aromatic heterocycles. The molecule has 236 valence electrons. The number of carbonyl (C=O) groups is 3. The second kappa shape index (κ2) is 20.4. The molecule has 16 nitrogen and oxygen atoms in total. The Bertz CT molecular complexity index is 757. The minimum absolute atomic E-state index is 0.0519. The van der Waals surface area contributed by atoms with Crippen molar-refractivity contribution in [2.45, 2.75) is 24.7 Å². The van der Waals surface area contributed by atoms with Gasteiger partial charge in [0.15, 0.2) is 5.96 Å². The number of quaternary nitrogens is 2. The number of nitrogens with one attached hydrogen (secondary N) is 2. The smallest absolute Gasteiger partial charge is 0.246 e. The van der Waals surface area contributed by atoms with Crippen LogP contribution in [0.1, 0.15) is 6.42 Å². The molecule has 40 heavy (non-hydrogen) atoms. The quantitative estimate of drug-likeness (QED) is 0.0798. The molecule has 1 heterocycles. The number of carboxylic acids is 2. The van der Waals surface area contributed by atoms with Crippen molar-refractivity contribution in [2.24, 2.45) is 5.73 Å². The highest BCUT2D eigenvalue weighted by Crippen LogP contribution is 2.07. The molecule has 0 aromatic rings. The number of aliphatic carboxylic acids is 2. The van der Waals surface area contributed by atoms with E-state index in [0.29, 0.717) is 24.2 Å². The molecule has 16 heteroatoms. The van der Waals surface area contributed by atoms with E-state index in [0.717, 1.165) is 11.0 Å². The van der Waals surface area contributed by atoms with E-state index >= 15 is 0 Å². The zero-order valence-electron chi connectivity index (χ0n) is 24.9. The molecule has 1 rings (SSSR count). The third-order valence-corrected chi connectivity index (χ3v) is 4.80. The topological polar surface area (TPSA) is 231 Å². The summed E-state index contributed by atoms with van der Waals surface area (Å²) in [6.07, 6.45) is -2.18. The lowest BCUT2D eigenvalue weighted by atomic mass is 10.2. The van der Waals surface area contributed by atoms with Gasteiger partial charge in [-0.1, -0.05) is 0 Å². The minimum Gasteiger partial charge on any atom is -0.550 e. The minimum atomic E-state index is -1.22. The lowest BCUT2D eigenvalue weighted by Crippen LogP contribution is -2.45. The van der Waals surface area contributed by atoms with E-state index in [1.54, 1.807) is 11.9 Å². The summed E-state index contributed by atoms with van der Waals surface area (Å²) < 4.78 is 18.3. The van der Waals surface area contributed by atoms with Gasteiger partial charge in [-0.15, -0.1) is 0 Å². The van der Waals surface area contributed by atoms with Gasteiger partial charge < -0.3 is 63.8 Å². The molecule has 0 radical (unpaired) electrons. The highest BCUT2D eigenvalue weighted by molar-refractivity contribution is 6.02. The number of nitrogens with zero attached hydrogens (tertiary/aromatic N) is 3. The third-order valence-electron chi connectivity index (χ3n) is 4.80. The first kappa shape index (κ1) is 39.7. The van der Waals surface area contributed by atoms with Gasteiger partial charge >= 0.3 is 0 Å². The molecule has 0 bridgehead atoms. The Morgan fingerprint density at radius 3 is 1.95 bits per heavy atom. The van der Waals surface area contributed by atoms with Crippen LogP contribution in [0, 0.1) is 5.41 Å². The van der Waals surface area contributed by atoms with E-state index in [1.165, 1.54) is 0 Å². The number of likely N-dealkylation sites (N-methyl/N-ethyl adjacent to an activating group) is 3. The second-order valence-electron chi connectivity index (χ2n) is 11.2. The van der Waals surface area contributed by atoms with Crippen molar-refractivity contribution in [1.82, 2.24) is 10.2 Å². The van der Waals surface area contributed by atoms with E-state index < -0.39 is 36.9 Å². The summed E-state index contributed by atoms with van der Waals surface area (Å²) in [7, 11) is 13.7. The number of guanidine groups is 1. The maximum absolute atomic E-state index is 11.0. The molecule has 0 saturated carbocycles. The van der Waals surface area contributed by atoms with E-state index in [9.17, 15) is 19.8 Å². The van der Waals surface area contributed by atoms with Crippen molar-refractivity contribution in [3.05, 3.63) is 0 Å². The third kappa shape index (κ3) is 25.8. The molecule has 1 aliphatic heterocycles. The van der Waals surface area contributed by atoms with E-state index in [-0.39, 0.29) is 44.7 Å². The summed E-state index contributed by atoms with van der Waals surface area (Å²) in [4.78, 5) is 32.0. The van der Waals surface area contributed by atoms with Crippen LogP contribution < -0.4 is 21.3 Å². The molecule has 0 spiro atoms. The molecular weight excluding hydrogens is 532 g/mol. The molecule has 1 fully saturated rings. The zero-order valence-corrected chi connectivity index (χ0v) is 24.9. The van der Waals surface area contributed by atoms with Gasteiger partial charge in [0, 0.05) is 26.0 Å². The molecule has 1 aliphatic rings. The zero-order chi connectivity index (χ0) is 31.5. The Hall–Kier alpha value is -2.44. The first-order valence-corrected chi connectivity index (χ1v) is 12.7. The highest BCUT2D eigenvalue weighted by Gasteiger charge is 2.22. The summed E-state index contributed by atoms with van der Waals surface area (Å²) >= 11 is 0. The monoisotopic (exact) mass is 582 g/mol. The lowest BCUT2D eigenvalue weighted by Gasteiger charge is -2.30. The summed E-state index contributed by atoms with van der Waals surface area (Å²) in [5, 5.41) is 47.8. The number of carbonyl (C=O) groups excluding carboxylic acids is 3. The van der Waals surface area contributed by atoms with Crippen LogP contribution in [0.25, 0.3) is 0 Å². The Balaban J connectivity index is 0. The molecular formula is C24H50N6O10. The van der Waals surface area contributed by atoms with E-state index in [1.807, 2.05) is 21.1 Å². The fourth-order valence-electron chi connectivity index (χ4n) is 2.78. The molecule has 0 aromatic carbocycles. The van der Waals surface area contributed by atoms with Gasteiger partial charge in [-0.2, -0.15) is 0 Å². The van der Waals surface area contributed by atoms with Crippen LogP contribution in [0.2, 0.25) is 0 Å². The number of ether oxygens (including phenoxy) is 3. The maximum Gasteiger partial charge on any atom is 0.246 e. The number of nitrogens with two attached hydrogens (primary N) is 1. The number of hydrogen-bond acceptors (Lipinski definition) is 12. The van der Waals surface area contributed by atoms with Crippen LogP contribution in [-0.2, 0) is 28.6 Å². The van der Waals surface area contributed by atoms with Gasteiger partial charge in [-0.25, -0.2) is 0 Å². The first-order chi connectivity index (χ1) is 18.3. The van der Waals surface area contributed by atoms with Gasteiger partial charge in [-0.05, 0) is 0 Å². The Labute approximate surface area is 236 Å². The molecule has 3 unspecified atom stereocenters. The van der Waals surface area contributed by atoms with Crippen LogP contribution >= 0.6 is 0 Å². The lowest BCUT2D eigenvalue weighted by molar-refractivity contribution is -0.873. The fraction of sp³-hybridized carbons (Fsp3) is 0.833. The highest BCUT2D eigenvalue weighted by atomic mass is 16.6. The van der Waals surface area contributed by atoms with Gasteiger partial charge in [0.05, 0.1) is 87.8 Å². The van der Waals surface area contributed by atoms with Crippen LogP contribution in [-0.4, -0.2) is 175 Å². The van der Waals surface area contributed by atoms with Crippen molar-refractivity contribution in [3.8, 4) is 0 Å². The van der Waals surface area contributed by atoms with E-state index in [4.69, 9.17) is 34.6 Å². The first-order valence-electron chi connectivity index (χ1n) is 12.7. The predicted octanol–water partition coefficient (Wildman–Crippen LogP) is -5.64. The van der Waals surface area contributed by atoms with Crippen molar-refractivity contribution in [1.29, 1.82) is 5.41 Å². The predicted molar refractivity (Wildman–Crippen MR) is 141 cm³/mol. The van der Waals surface area contributed by atoms with Crippen LogP contribution in [0.15, 0.2) is 0 Å². The van der Waals surface area contributed by atoms with Gasteiger partial charge in [0.1, 0.15) is 31.4 Å². The molecule has 1 saturated heterocycles. The van der Waals surface area contributed by atoms with Crippen molar-refractivity contribution in [3.63, 3.8) is 0 Å². The normalized spacial score (nSPS) is 15.7. The average Bonchev–Trinajstić information content (AvgIpc) is 3.10.